The monoisotopic (exact) mass is 360 g/mol. The summed E-state index contributed by atoms with van der Waals surface area (Å²) >= 11 is 0. The van der Waals surface area contributed by atoms with E-state index in [1.165, 1.54) is 17.0 Å². The number of aryl methyl sites for hydroxylation is 1. The van der Waals surface area contributed by atoms with Crippen molar-refractivity contribution in [1.82, 2.24) is 14.6 Å². The lowest BCUT2D eigenvalue weighted by molar-refractivity contribution is 0.0696. The van der Waals surface area contributed by atoms with Crippen molar-refractivity contribution in [2.45, 2.75) is 6.92 Å². The first-order valence-electron chi connectivity index (χ1n) is 8.28. The van der Waals surface area contributed by atoms with E-state index in [2.05, 4.69) is 15.4 Å². The molecule has 134 valence electrons. The van der Waals surface area contributed by atoms with Gasteiger partial charge >= 0.3 is 5.97 Å². The van der Waals surface area contributed by atoms with E-state index in [-0.39, 0.29) is 5.56 Å². The lowest BCUT2D eigenvalue weighted by Gasteiger charge is -2.09. The molecule has 0 amide bonds. The first kappa shape index (κ1) is 16.6. The van der Waals surface area contributed by atoms with E-state index in [0.29, 0.717) is 22.6 Å². The Labute approximate surface area is 154 Å². The van der Waals surface area contributed by atoms with Gasteiger partial charge in [-0.05, 0) is 48.9 Å². The highest BCUT2D eigenvalue weighted by Crippen LogP contribution is 2.27. The highest BCUT2D eigenvalue weighted by atomic mass is 16.5. The highest BCUT2D eigenvalue weighted by molar-refractivity contribution is 5.94. The molecule has 2 aromatic carbocycles. The number of fused-ring (bicyclic) bond motifs is 1. The van der Waals surface area contributed by atoms with Crippen LogP contribution in [0.4, 0.5) is 11.5 Å². The molecule has 2 aromatic heterocycles. The summed E-state index contributed by atoms with van der Waals surface area (Å²) in [7, 11) is 0. The Morgan fingerprint density at radius 3 is 2.48 bits per heavy atom. The van der Waals surface area contributed by atoms with Crippen molar-refractivity contribution >= 4 is 23.0 Å². The largest absolute Gasteiger partial charge is 0.478 e. The number of nitrogens with zero attached hydrogens (tertiary/aromatic N) is 3. The quantitative estimate of drug-likeness (QED) is 0.552. The number of anilines is 2. The number of carboxylic acid groups (broad SMARTS) is 1. The Balaban J connectivity index is 1.60. The number of carbonyl (C=O) groups is 1. The van der Waals surface area contributed by atoms with E-state index < -0.39 is 5.97 Å². The molecule has 0 unspecified atom stereocenters. The summed E-state index contributed by atoms with van der Waals surface area (Å²) in [5.74, 6) is 1.02. The summed E-state index contributed by atoms with van der Waals surface area (Å²) in [5.41, 5.74) is 2.23. The summed E-state index contributed by atoms with van der Waals surface area (Å²) < 4.78 is 7.29. The molecule has 4 rings (SSSR count). The van der Waals surface area contributed by atoms with Crippen molar-refractivity contribution in [3.8, 4) is 11.5 Å². The van der Waals surface area contributed by atoms with Crippen LogP contribution in [-0.4, -0.2) is 25.7 Å². The van der Waals surface area contributed by atoms with Gasteiger partial charge in [0, 0.05) is 11.9 Å². The van der Waals surface area contributed by atoms with Crippen molar-refractivity contribution < 1.29 is 14.6 Å². The van der Waals surface area contributed by atoms with Crippen LogP contribution >= 0.6 is 0 Å². The number of para-hydroxylation sites is 1. The average Bonchev–Trinajstić information content (AvgIpc) is 3.02. The molecule has 4 aromatic rings. The number of nitrogens with one attached hydrogen (secondary N) is 1. The topological polar surface area (TPSA) is 88.8 Å². The first-order valence-corrected chi connectivity index (χ1v) is 8.28. The minimum atomic E-state index is -0.994. The number of rotatable bonds is 5. The van der Waals surface area contributed by atoms with E-state index in [0.717, 1.165) is 11.4 Å². The maximum Gasteiger partial charge on any atom is 0.337 e. The van der Waals surface area contributed by atoms with Gasteiger partial charge in [-0.3, -0.25) is 0 Å². The van der Waals surface area contributed by atoms with E-state index in [9.17, 15) is 9.90 Å². The van der Waals surface area contributed by atoms with E-state index in [1.807, 2.05) is 54.6 Å². The maximum absolute atomic E-state index is 11.4. The molecule has 0 radical (unpaired) electrons. The molecule has 7 nitrogen and oxygen atoms in total. The number of aromatic nitrogens is 3. The molecule has 0 aliphatic heterocycles. The van der Waals surface area contributed by atoms with Gasteiger partial charge in [0.25, 0.3) is 0 Å². The van der Waals surface area contributed by atoms with Gasteiger partial charge in [-0.25, -0.2) is 14.3 Å². The molecule has 2 N–H and O–H groups in total. The van der Waals surface area contributed by atoms with Crippen LogP contribution in [0.2, 0.25) is 0 Å². The van der Waals surface area contributed by atoms with Gasteiger partial charge in [0.05, 0.1) is 5.56 Å². The number of benzene rings is 2. The predicted octanol–water partition coefficient (Wildman–Crippen LogP) is 4.27. The fourth-order valence-electron chi connectivity index (χ4n) is 2.84. The molecule has 0 aliphatic carbocycles. The third kappa shape index (κ3) is 3.30. The van der Waals surface area contributed by atoms with Gasteiger partial charge < -0.3 is 15.2 Å². The summed E-state index contributed by atoms with van der Waals surface area (Å²) in [6.45, 7) is 1.74. The fraction of sp³-hybridized carbons (Fsp3) is 0.0500. The van der Waals surface area contributed by atoms with Crippen molar-refractivity contribution in [3.63, 3.8) is 0 Å². The normalized spacial score (nSPS) is 10.7. The molecule has 0 saturated heterocycles. The van der Waals surface area contributed by atoms with Crippen LogP contribution in [0.25, 0.3) is 5.52 Å². The lowest BCUT2D eigenvalue weighted by Crippen LogP contribution is -2.00. The SMILES string of the molecule is Cc1c(C(=O)O)cn2ncnc(Nc3ccc(Oc4ccccc4)cc3)c12. The Bertz CT molecular complexity index is 1110. The number of hydrogen-bond acceptors (Lipinski definition) is 5. The molecule has 0 aliphatic rings. The number of hydrogen-bond donors (Lipinski definition) is 2. The average molecular weight is 360 g/mol. The summed E-state index contributed by atoms with van der Waals surface area (Å²) in [4.78, 5) is 15.6. The standard InChI is InChI=1S/C20H16N4O3/c1-13-17(20(25)26)11-24-18(13)19(21-12-22-24)23-14-7-9-16(10-8-14)27-15-5-3-2-4-6-15/h2-12H,1H3,(H,25,26)(H,21,22,23). The summed E-state index contributed by atoms with van der Waals surface area (Å²) in [5, 5.41) is 16.6. The van der Waals surface area contributed by atoms with Crippen molar-refractivity contribution in [1.29, 1.82) is 0 Å². The zero-order valence-corrected chi connectivity index (χ0v) is 14.5. The zero-order chi connectivity index (χ0) is 18.8. The van der Waals surface area contributed by atoms with Crippen molar-refractivity contribution in [3.05, 3.63) is 78.2 Å². The molecule has 0 bridgehead atoms. The molecule has 0 fully saturated rings. The van der Waals surface area contributed by atoms with Crippen molar-refractivity contribution in [2.75, 3.05) is 5.32 Å². The Hall–Kier alpha value is -3.87. The minimum Gasteiger partial charge on any atom is -0.478 e. The van der Waals surface area contributed by atoms with E-state index in [4.69, 9.17) is 4.74 Å². The molecule has 0 spiro atoms. The Kier molecular flexibility index (Phi) is 4.18. The number of aromatic carboxylic acids is 1. The third-order valence-electron chi connectivity index (χ3n) is 4.15. The van der Waals surface area contributed by atoms with Crippen LogP contribution in [0.5, 0.6) is 11.5 Å². The van der Waals surface area contributed by atoms with Crippen LogP contribution in [0, 0.1) is 6.92 Å². The second-order valence-corrected chi connectivity index (χ2v) is 5.94. The molecule has 0 atom stereocenters. The molecule has 0 saturated carbocycles. The summed E-state index contributed by atoms with van der Waals surface area (Å²) in [6.07, 6.45) is 2.87. The molecule has 27 heavy (non-hydrogen) atoms. The van der Waals surface area contributed by atoms with Crippen LogP contribution in [0.3, 0.4) is 0 Å². The maximum atomic E-state index is 11.4. The second kappa shape index (κ2) is 6.80. The zero-order valence-electron chi connectivity index (χ0n) is 14.5. The number of carboxylic acids is 1. The molecular weight excluding hydrogens is 344 g/mol. The molecular formula is C20H16N4O3. The van der Waals surface area contributed by atoms with Gasteiger partial charge in [-0.1, -0.05) is 18.2 Å². The van der Waals surface area contributed by atoms with Crippen LogP contribution < -0.4 is 10.1 Å². The van der Waals surface area contributed by atoms with Crippen LogP contribution in [0.1, 0.15) is 15.9 Å². The van der Waals surface area contributed by atoms with E-state index >= 15 is 0 Å². The van der Waals surface area contributed by atoms with Crippen LogP contribution in [0.15, 0.2) is 67.1 Å². The van der Waals surface area contributed by atoms with Crippen molar-refractivity contribution in [2.24, 2.45) is 0 Å². The van der Waals surface area contributed by atoms with Crippen LogP contribution in [-0.2, 0) is 0 Å². The lowest BCUT2D eigenvalue weighted by atomic mass is 10.2. The predicted molar refractivity (Wildman–Crippen MR) is 101 cm³/mol. The highest BCUT2D eigenvalue weighted by Gasteiger charge is 2.17. The summed E-state index contributed by atoms with van der Waals surface area (Å²) in [6, 6.07) is 17.0. The minimum absolute atomic E-state index is 0.199. The Morgan fingerprint density at radius 2 is 1.78 bits per heavy atom. The molecule has 7 heteroatoms. The van der Waals surface area contributed by atoms with E-state index in [1.54, 1.807) is 6.92 Å². The van der Waals surface area contributed by atoms with Gasteiger partial charge in [-0.2, -0.15) is 5.10 Å². The smallest absolute Gasteiger partial charge is 0.337 e. The van der Waals surface area contributed by atoms with Gasteiger partial charge in [0.1, 0.15) is 23.3 Å². The van der Waals surface area contributed by atoms with Gasteiger partial charge in [0.15, 0.2) is 5.82 Å². The van der Waals surface area contributed by atoms with Gasteiger partial charge in [0.2, 0.25) is 0 Å². The fourth-order valence-corrected chi connectivity index (χ4v) is 2.84. The first-order chi connectivity index (χ1) is 13.1. The number of ether oxygens (including phenoxy) is 1. The third-order valence-corrected chi connectivity index (χ3v) is 4.15. The Morgan fingerprint density at radius 1 is 1.07 bits per heavy atom. The second-order valence-electron chi connectivity index (χ2n) is 5.94. The molecule has 2 heterocycles. The van der Waals surface area contributed by atoms with Gasteiger partial charge in [-0.15, -0.1) is 0 Å².